The molecule has 0 saturated carbocycles. The van der Waals surface area contributed by atoms with Crippen molar-refractivity contribution in [2.75, 3.05) is 0 Å². The molecule has 0 radical (unpaired) electrons. The summed E-state index contributed by atoms with van der Waals surface area (Å²) in [5, 5.41) is 9.47. The van der Waals surface area contributed by atoms with Gasteiger partial charge in [0, 0.05) is 0 Å². The highest BCUT2D eigenvalue weighted by Crippen LogP contribution is 2.67. The SMILES string of the molecule is CCc1cccc(C(C(N)O)P(=O)(S)S)c1. The van der Waals surface area contributed by atoms with Gasteiger partial charge >= 0.3 is 0 Å². The molecule has 0 amide bonds. The molecule has 1 aromatic carbocycles. The van der Waals surface area contributed by atoms with Gasteiger partial charge in [-0.25, -0.2) is 0 Å². The Balaban J connectivity index is 3.16. The average molecular weight is 277 g/mol. The van der Waals surface area contributed by atoms with Crippen molar-refractivity contribution in [2.45, 2.75) is 25.2 Å². The molecule has 0 aromatic heterocycles. The fourth-order valence-corrected chi connectivity index (χ4v) is 4.15. The maximum Gasteiger partial charge on any atom is 0.196 e. The lowest BCUT2D eigenvalue weighted by Gasteiger charge is -2.23. The highest BCUT2D eigenvalue weighted by atomic mass is 33.1. The van der Waals surface area contributed by atoms with Gasteiger partial charge in [0.1, 0.15) is 6.23 Å². The normalized spacial score (nSPS) is 15.8. The zero-order valence-electron chi connectivity index (χ0n) is 8.95. The fourth-order valence-electron chi connectivity index (χ4n) is 1.59. The van der Waals surface area contributed by atoms with Crippen LogP contribution in [0.2, 0.25) is 0 Å². The molecule has 3 nitrogen and oxygen atoms in total. The van der Waals surface area contributed by atoms with Gasteiger partial charge in [-0.15, -0.1) is 24.5 Å². The summed E-state index contributed by atoms with van der Waals surface area (Å²) < 4.78 is 11.8. The van der Waals surface area contributed by atoms with Crippen LogP contribution in [0.4, 0.5) is 0 Å². The summed E-state index contributed by atoms with van der Waals surface area (Å²) in [4.78, 5) is 0. The van der Waals surface area contributed by atoms with E-state index in [1.165, 1.54) is 0 Å². The van der Waals surface area contributed by atoms with Crippen molar-refractivity contribution in [3.8, 4) is 0 Å². The lowest BCUT2D eigenvalue weighted by atomic mass is 10.1. The van der Waals surface area contributed by atoms with E-state index in [1.807, 2.05) is 25.1 Å². The van der Waals surface area contributed by atoms with Crippen LogP contribution in [0.15, 0.2) is 24.3 Å². The van der Waals surface area contributed by atoms with Crippen LogP contribution in [-0.2, 0) is 11.0 Å². The minimum Gasteiger partial charge on any atom is -0.378 e. The molecule has 90 valence electrons. The number of hydrogen-bond acceptors (Lipinski definition) is 3. The van der Waals surface area contributed by atoms with Crippen molar-refractivity contribution >= 4 is 30.0 Å². The molecule has 1 aromatic rings. The summed E-state index contributed by atoms with van der Waals surface area (Å²) in [6.07, 6.45) is -0.363. The van der Waals surface area contributed by atoms with Gasteiger partial charge in [-0.3, -0.25) is 0 Å². The molecule has 0 aliphatic heterocycles. The van der Waals surface area contributed by atoms with Crippen LogP contribution in [0.1, 0.15) is 23.7 Å². The van der Waals surface area contributed by atoms with Crippen LogP contribution in [0.25, 0.3) is 0 Å². The zero-order chi connectivity index (χ0) is 12.3. The predicted octanol–water partition coefficient (Wildman–Crippen LogP) is 2.62. The molecule has 0 saturated heterocycles. The van der Waals surface area contributed by atoms with Crippen molar-refractivity contribution in [2.24, 2.45) is 5.73 Å². The Morgan fingerprint density at radius 3 is 2.56 bits per heavy atom. The molecule has 2 unspecified atom stereocenters. The van der Waals surface area contributed by atoms with Crippen molar-refractivity contribution in [1.29, 1.82) is 0 Å². The molecule has 0 fully saturated rings. The quantitative estimate of drug-likeness (QED) is 0.389. The number of rotatable bonds is 4. The van der Waals surface area contributed by atoms with Crippen LogP contribution < -0.4 is 5.73 Å². The van der Waals surface area contributed by atoms with Gasteiger partial charge in [0.2, 0.25) is 0 Å². The Morgan fingerprint density at radius 1 is 1.50 bits per heavy atom. The Hall–Kier alpha value is 0.0700. The first-order valence-electron chi connectivity index (χ1n) is 4.94. The van der Waals surface area contributed by atoms with E-state index >= 15 is 0 Å². The molecule has 2 atom stereocenters. The number of hydrogen-bond donors (Lipinski definition) is 4. The van der Waals surface area contributed by atoms with Gasteiger partial charge < -0.3 is 15.4 Å². The number of aryl methyl sites for hydroxylation is 1. The second-order valence-electron chi connectivity index (χ2n) is 3.62. The molecule has 0 aliphatic rings. The van der Waals surface area contributed by atoms with E-state index in [9.17, 15) is 9.67 Å². The summed E-state index contributed by atoms with van der Waals surface area (Å²) >= 11 is 7.89. The summed E-state index contributed by atoms with van der Waals surface area (Å²) in [5.74, 6) is 0. The maximum atomic E-state index is 11.8. The highest BCUT2D eigenvalue weighted by molar-refractivity contribution is 8.80. The third-order valence-electron chi connectivity index (χ3n) is 2.39. The van der Waals surface area contributed by atoms with Gasteiger partial charge in [0.25, 0.3) is 0 Å². The maximum absolute atomic E-state index is 11.8. The molecule has 0 aliphatic carbocycles. The minimum atomic E-state index is -3.07. The molecular formula is C10H16NO2PS2. The second kappa shape index (κ2) is 5.61. The fraction of sp³-hybridized carbons (Fsp3) is 0.400. The third-order valence-corrected chi connectivity index (χ3v) is 5.21. The first kappa shape index (κ1) is 14.1. The Kier molecular flexibility index (Phi) is 4.95. The smallest absolute Gasteiger partial charge is 0.196 e. The first-order valence-corrected chi connectivity index (χ1v) is 9.02. The largest absolute Gasteiger partial charge is 0.378 e. The van der Waals surface area contributed by atoms with E-state index in [-0.39, 0.29) is 0 Å². The Bertz CT molecular complexity index is 406. The molecule has 3 N–H and O–H groups in total. The van der Waals surface area contributed by atoms with E-state index in [0.717, 1.165) is 12.0 Å². The van der Waals surface area contributed by atoms with Crippen molar-refractivity contribution in [3.05, 3.63) is 35.4 Å². The van der Waals surface area contributed by atoms with Crippen LogP contribution in [0, 0.1) is 0 Å². The van der Waals surface area contributed by atoms with E-state index in [1.54, 1.807) is 6.07 Å². The number of aliphatic hydroxyl groups excluding tert-OH is 1. The van der Waals surface area contributed by atoms with E-state index in [4.69, 9.17) is 5.73 Å². The van der Waals surface area contributed by atoms with Gasteiger partial charge in [-0.2, -0.15) is 0 Å². The van der Waals surface area contributed by atoms with Crippen molar-refractivity contribution < 1.29 is 9.67 Å². The zero-order valence-corrected chi connectivity index (χ0v) is 11.6. The number of benzene rings is 1. The van der Waals surface area contributed by atoms with Crippen molar-refractivity contribution in [1.82, 2.24) is 0 Å². The van der Waals surface area contributed by atoms with Gasteiger partial charge in [-0.1, -0.05) is 31.2 Å². The Labute approximate surface area is 106 Å². The van der Waals surface area contributed by atoms with Gasteiger partial charge in [0.15, 0.2) is 5.55 Å². The summed E-state index contributed by atoms with van der Waals surface area (Å²) in [7, 11) is 0. The van der Waals surface area contributed by atoms with E-state index in [0.29, 0.717) is 5.56 Å². The topological polar surface area (TPSA) is 63.3 Å². The molecule has 0 heterocycles. The lowest BCUT2D eigenvalue weighted by molar-refractivity contribution is 0.177. The standard InChI is InChI=1S/C10H16NO2PS2/c1-2-7-4-3-5-8(6-7)9(10(11)12)14(13,15)16/h3-6,9-10,12H,2,11H2,1H3,(H2,13,15,16). The molecule has 6 heteroatoms. The number of aliphatic hydroxyl groups is 1. The van der Waals surface area contributed by atoms with Crippen LogP contribution in [-0.4, -0.2) is 11.3 Å². The van der Waals surface area contributed by atoms with E-state index in [2.05, 4.69) is 24.5 Å². The molecule has 1 rings (SSSR count). The van der Waals surface area contributed by atoms with Crippen LogP contribution in [0.5, 0.6) is 0 Å². The molecule has 16 heavy (non-hydrogen) atoms. The number of nitrogens with two attached hydrogens (primary N) is 1. The van der Waals surface area contributed by atoms with E-state index < -0.39 is 17.4 Å². The van der Waals surface area contributed by atoms with Gasteiger partial charge in [0.05, 0.1) is 5.66 Å². The van der Waals surface area contributed by atoms with Crippen LogP contribution >= 0.6 is 30.0 Å². The highest BCUT2D eigenvalue weighted by Gasteiger charge is 2.32. The minimum absolute atomic E-state index is 0.711. The summed E-state index contributed by atoms with van der Waals surface area (Å²) in [5.41, 5.74) is 3.42. The first-order chi connectivity index (χ1) is 7.36. The average Bonchev–Trinajstić information content (AvgIpc) is 2.15. The summed E-state index contributed by atoms with van der Waals surface area (Å²) in [6.45, 7) is 2.02. The molecular weight excluding hydrogens is 261 g/mol. The second-order valence-corrected chi connectivity index (χ2v) is 9.87. The lowest BCUT2D eigenvalue weighted by Crippen LogP contribution is -2.26. The summed E-state index contributed by atoms with van der Waals surface area (Å²) in [6, 6.07) is 7.46. The van der Waals surface area contributed by atoms with Crippen LogP contribution in [0.3, 0.4) is 0 Å². The molecule has 0 bridgehead atoms. The Morgan fingerprint density at radius 2 is 2.12 bits per heavy atom. The molecule has 0 spiro atoms. The number of thiol groups is 2. The monoisotopic (exact) mass is 277 g/mol. The predicted molar refractivity (Wildman–Crippen MR) is 74.3 cm³/mol. The van der Waals surface area contributed by atoms with Crippen molar-refractivity contribution in [3.63, 3.8) is 0 Å². The van der Waals surface area contributed by atoms with Gasteiger partial charge in [-0.05, 0) is 17.5 Å². The third kappa shape index (κ3) is 3.54.